The number of rotatable bonds is 5. The predicted molar refractivity (Wildman–Crippen MR) is 104 cm³/mol. The molecule has 3 rings (SSSR count). The number of nitrogens with zero attached hydrogens (tertiary/aromatic N) is 1. The van der Waals surface area contributed by atoms with Crippen molar-refractivity contribution in [3.63, 3.8) is 0 Å². The average molecular weight is 388 g/mol. The molecule has 1 aromatic carbocycles. The Kier molecular flexibility index (Phi) is 6.54. The summed E-state index contributed by atoms with van der Waals surface area (Å²) >= 11 is 0. The van der Waals surface area contributed by atoms with Gasteiger partial charge in [0.25, 0.3) is 0 Å². The first-order chi connectivity index (χ1) is 13.5. The van der Waals surface area contributed by atoms with E-state index in [2.05, 4.69) is 5.32 Å². The van der Waals surface area contributed by atoms with Gasteiger partial charge < -0.3 is 20.1 Å². The lowest BCUT2D eigenvalue weighted by atomic mass is 9.86. The minimum absolute atomic E-state index is 0.0433. The molecule has 2 aliphatic rings. The van der Waals surface area contributed by atoms with E-state index in [0.717, 1.165) is 5.75 Å². The molecule has 0 aromatic heterocycles. The van der Waals surface area contributed by atoms with Crippen molar-refractivity contribution >= 4 is 17.8 Å². The molecule has 0 spiro atoms. The first-order valence-corrected chi connectivity index (χ1v) is 9.94. The van der Waals surface area contributed by atoms with E-state index in [1.54, 1.807) is 36.3 Å². The summed E-state index contributed by atoms with van der Waals surface area (Å²) in [4.78, 5) is 38.0. The highest BCUT2D eigenvalue weighted by Crippen LogP contribution is 2.26. The van der Waals surface area contributed by atoms with Crippen molar-refractivity contribution in [2.24, 2.45) is 11.8 Å². The SMILES string of the molecule is COc1ccc(C(=O)C2CCN(C(=O)NC3CCC(C(=O)O)CC3)CC2)cc1. The van der Waals surface area contributed by atoms with Crippen LogP contribution in [-0.2, 0) is 4.79 Å². The third kappa shape index (κ3) is 4.82. The van der Waals surface area contributed by atoms with Gasteiger partial charge in [0.1, 0.15) is 5.75 Å². The van der Waals surface area contributed by atoms with Crippen LogP contribution in [0.4, 0.5) is 4.79 Å². The number of Topliss-reactive ketones (excluding diaryl/α,β-unsaturated/α-hetero) is 1. The van der Waals surface area contributed by atoms with Crippen molar-refractivity contribution in [3.8, 4) is 5.75 Å². The lowest BCUT2D eigenvalue weighted by Gasteiger charge is -2.34. The van der Waals surface area contributed by atoms with E-state index in [1.165, 1.54) is 0 Å². The number of urea groups is 1. The summed E-state index contributed by atoms with van der Waals surface area (Å²) in [5.41, 5.74) is 0.680. The van der Waals surface area contributed by atoms with Crippen molar-refractivity contribution in [2.75, 3.05) is 20.2 Å². The van der Waals surface area contributed by atoms with Crippen LogP contribution < -0.4 is 10.1 Å². The summed E-state index contributed by atoms with van der Waals surface area (Å²) in [6, 6.07) is 7.08. The molecule has 1 saturated carbocycles. The lowest BCUT2D eigenvalue weighted by Crippen LogP contribution is -2.49. The number of piperidine rings is 1. The summed E-state index contributed by atoms with van der Waals surface area (Å²) in [6.07, 6.45) is 3.94. The number of nitrogens with one attached hydrogen (secondary N) is 1. The first kappa shape index (κ1) is 20.2. The molecule has 1 aromatic rings. The number of benzene rings is 1. The number of carbonyl (C=O) groups excluding carboxylic acids is 2. The van der Waals surface area contributed by atoms with Gasteiger partial charge in [0, 0.05) is 30.6 Å². The number of amides is 2. The number of hydrogen-bond acceptors (Lipinski definition) is 4. The number of ketones is 1. The van der Waals surface area contributed by atoms with Crippen LogP contribution in [0.25, 0.3) is 0 Å². The lowest BCUT2D eigenvalue weighted by molar-refractivity contribution is -0.142. The van der Waals surface area contributed by atoms with Crippen LogP contribution in [0.1, 0.15) is 48.9 Å². The van der Waals surface area contributed by atoms with E-state index in [1.807, 2.05) is 0 Å². The number of aliphatic carboxylic acids is 1. The van der Waals surface area contributed by atoms with Crippen molar-refractivity contribution in [1.29, 1.82) is 0 Å². The van der Waals surface area contributed by atoms with Gasteiger partial charge in [-0.15, -0.1) is 0 Å². The van der Waals surface area contributed by atoms with Gasteiger partial charge in [-0.3, -0.25) is 9.59 Å². The van der Waals surface area contributed by atoms with Gasteiger partial charge in [-0.25, -0.2) is 4.79 Å². The van der Waals surface area contributed by atoms with Crippen molar-refractivity contribution in [1.82, 2.24) is 10.2 Å². The van der Waals surface area contributed by atoms with Crippen molar-refractivity contribution in [2.45, 2.75) is 44.6 Å². The normalized spacial score (nSPS) is 23.1. The van der Waals surface area contributed by atoms with Crippen LogP contribution in [0.3, 0.4) is 0 Å². The molecule has 1 saturated heterocycles. The Morgan fingerprint density at radius 3 is 2.11 bits per heavy atom. The standard InChI is InChI=1S/C21H28N2O5/c1-28-18-8-4-14(5-9-18)19(24)15-10-12-23(13-11-15)21(27)22-17-6-2-16(3-7-17)20(25)26/h4-5,8-9,15-17H,2-3,6-7,10-13H2,1H3,(H,22,27)(H,25,26). The molecular weight excluding hydrogens is 360 g/mol. The van der Waals surface area contributed by atoms with Gasteiger partial charge >= 0.3 is 12.0 Å². The quantitative estimate of drug-likeness (QED) is 0.756. The van der Waals surface area contributed by atoms with Gasteiger partial charge in [-0.2, -0.15) is 0 Å². The zero-order chi connectivity index (χ0) is 20.1. The van der Waals surface area contributed by atoms with Crippen LogP contribution in [-0.4, -0.2) is 54.0 Å². The van der Waals surface area contributed by atoms with E-state index >= 15 is 0 Å². The maximum absolute atomic E-state index is 12.7. The summed E-state index contributed by atoms with van der Waals surface area (Å²) < 4.78 is 5.12. The van der Waals surface area contributed by atoms with Crippen LogP contribution in [0.5, 0.6) is 5.75 Å². The Bertz CT molecular complexity index is 702. The maximum atomic E-state index is 12.7. The minimum atomic E-state index is -0.742. The Morgan fingerprint density at radius 2 is 1.57 bits per heavy atom. The number of methoxy groups -OCH3 is 1. The van der Waals surface area contributed by atoms with E-state index in [0.29, 0.717) is 57.2 Å². The van der Waals surface area contributed by atoms with E-state index < -0.39 is 5.97 Å². The number of likely N-dealkylation sites (tertiary alicyclic amines) is 1. The fourth-order valence-electron chi connectivity index (χ4n) is 4.09. The summed E-state index contributed by atoms with van der Waals surface area (Å²) in [6.45, 7) is 1.12. The molecule has 1 aliphatic heterocycles. The van der Waals surface area contributed by atoms with Crippen molar-refractivity contribution < 1.29 is 24.2 Å². The van der Waals surface area contributed by atoms with E-state index in [4.69, 9.17) is 9.84 Å². The fraction of sp³-hybridized carbons (Fsp3) is 0.571. The third-order valence-corrected chi connectivity index (χ3v) is 5.93. The Balaban J connectivity index is 1.45. The Labute approximate surface area is 165 Å². The largest absolute Gasteiger partial charge is 0.497 e. The second-order valence-corrected chi connectivity index (χ2v) is 7.69. The molecule has 1 aliphatic carbocycles. The molecule has 2 fully saturated rings. The number of ether oxygens (including phenoxy) is 1. The maximum Gasteiger partial charge on any atom is 0.317 e. The smallest absolute Gasteiger partial charge is 0.317 e. The molecule has 0 radical (unpaired) electrons. The Morgan fingerprint density at radius 1 is 0.964 bits per heavy atom. The number of carboxylic acids is 1. The topological polar surface area (TPSA) is 95.9 Å². The summed E-state index contributed by atoms with van der Waals surface area (Å²) in [5, 5.41) is 12.1. The van der Waals surface area contributed by atoms with Gasteiger partial charge in [-0.1, -0.05) is 0 Å². The molecule has 0 atom stereocenters. The van der Waals surface area contributed by atoms with Crippen LogP contribution in [0.2, 0.25) is 0 Å². The molecule has 2 amide bonds. The second kappa shape index (κ2) is 9.08. The molecule has 0 unspecified atom stereocenters. The highest BCUT2D eigenvalue weighted by molar-refractivity contribution is 5.98. The second-order valence-electron chi connectivity index (χ2n) is 7.69. The Hall–Kier alpha value is -2.57. The van der Waals surface area contributed by atoms with Gasteiger partial charge in [0.05, 0.1) is 13.0 Å². The number of carboxylic acid groups (broad SMARTS) is 1. The van der Waals surface area contributed by atoms with Gasteiger partial charge in [0.15, 0.2) is 5.78 Å². The molecule has 7 heteroatoms. The highest BCUT2D eigenvalue weighted by atomic mass is 16.5. The molecule has 152 valence electrons. The number of hydrogen-bond donors (Lipinski definition) is 2. The average Bonchev–Trinajstić information content (AvgIpc) is 2.73. The van der Waals surface area contributed by atoms with Crippen LogP contribution in [0.15, 0.2) is 24.3 Å². The zero-order valence-electron chi connectivity index (χ0n) is 16.2. The van der Waals surface area contributed by atoms with Crippen molar-refractivity contribution in [3.05, 3.63) is 29.8 Å². The van der Waals surface area contributed by atoms with E-state index in [-0.39, 0.29) is 29.7 Å². The fourth-order valence-corrected chi connectivity index (χ4v) is 4.09. The number of carbonyl (C=O) groups is 3. The van der Waals surface area contributed by atoms with Gasteiger partial charge in [-0.05, 0) is 62.8 Å². The predicted octanol–water partition coefficient (Wildman–Crippen LogP) is 2.94. The minimum Gasteiger partial charge on any atom is -0.497 e. The monoisotopic (exact) mass is 388 g/mol. The van der Waals surface area contributed by atoms with E-state index in [9.17, 15) is 14.4 Å². The van der Waals surface area contributed by atoms with Gasteiger partial charge in [0.2, 0.25) is 0 Å². The summed E-state index contributed by atoms with van der Waals surface area (Å²) in [5.74, 6) is -0.250. The molecule has 2 N–H and O–H groups in total. The third-order valence-electron chi connectivity index (χ3n) is 5.93. The van der Waals surface area contributed by atoms with Crippen LogP contribution in [0, 0.1) is 11.8 Å². The first-order valence-electron chi connectivity index (χ1n) is 9.94. The molecule has 0 bridgehead atoms. The molecular formula is C21H28N2O5. The van der Waals surface area contributed by atoms with Crippen LogP contribution >= 0.6 is 0 Å². The summed E-state index contributed by atoms with van der Waals surface area (Å²) in [7, 11) is 1.59. The zero-order valence-corrected chi connectivity index (χ0v) is 16.2. The highest BCUT2D eigenvalue weighted by Gasteiger charge is 2.31. The molecule has 1 heterocycles. The molecule has 28 heavy (non-hydrogen) atoms. The molecule has 7 nitrogen and oxygen atoms in total.